The van der Waals surface area contributed by atoms with E-state index in [0.717, 1.165) is 18.4 Å². The van der Waals surface area contributed by atoms with E-state index in [1.54, 1.807) is 12.1 Å². The van der Waals surface area contributed by atoms with Gasteiger partial charge in [0.15, 0.2) is 11.5 Å². The molecule has 0 radical (unpaired) electrons. The number of rotatable bonds is 9. The predicted molar refractivity (Wildman–Crippen MR) is 105 cm³/mol. The van der Waals surface area contributed by atoms with Crippen LogP contribution in [0.4, 0.5) is 0 Å². The first kappa shape index (κ1) is 19.1. The number of nitrogens with one attached hydrogen (secondary N) is 1. The van der Waals surface area contributed by atoms with Crippen LogP contribution in [0.5, 0.6) is 17.2 Å². The molecule has 2 aromatic carbocycles. The molecule has 0 unspecified atom stereocenters. The minimum Gasteiger partial charge on any atom is -0.490 e. The second kappa shape index (κ2) is 8.33. The molecular weight excluding hydrogens is 342 g/mol. The summed E-state index contributed by atoms with van der Waals surface area (Å²) < 4.78 is 17.1. The van der Waals surface area contributed by atoms with Gasteiger partial charge in [0, 0.05) is 5.56 Å². The van der Waals surface area contributed by atoms with Crippen LogP contribution in [-0.4, -0.2) is 25.7 Å². The first-order valence-corrected chi connectivity index (χ1v) is 9.58. The molecule has 1 saturated carbocycles. The lowest BCUT2D eigenvalue weighted by Gasteiger charge is -2.20. The molecule has 1 aliphatic rings. The Kier molecular flexibility index (Phi) is 5.89. The second-order valence-corrected chi connectivity index (χ2v) is 6.50. The van der Waals surface area contributed by atoms with Crippen molar-refractivity contribution in [3.05, 3.63) is 53.6 Å². The van der Waals surface area contributed by atoms with Gasteiger partial charge in [0.25, 0.3) is 5.91 Å². The Morgan fingerprint density at radius 3 is 1.96 bits per heavy atom. The van der Waals surface area contributed by atoms with Crippen molar-refractivity contribution in [2.75, 3.05) is 19.8 Å². The molecule has 1 fully saturated rings. The summed E-state index contributed by atoms with van der Waals surface area (Å²) >= 11 is 0. The highest BCUT2D eigenvalue weighted by Crippen LogP contribution is 2.46. The maximum Gasteiger partial charge on any atom is 0.252 e. The number of hydrogen-bond donors (Lipinski definition) is 1. The van der Waals surface area contributed by atoms with Gasteiger partial charge in [-0.2, -0.15) is 0 Å². The van der Waals surface area contributed by atoms with Gasteiger partial charge in [0.05, 0.1) is 25.4 Å². The predicted octanol–water partition coefficient (Wildman–Crippen LogP) is 4.30. The molecule has 0 heterocycles. The summed E-state index contributed by atoms with van der Waals surface area (Å²) in [6.07, 6.45) is 1.88. The van der Waals surface area contributed by atoms with E-state index in [1.165, 1.54) is 0 Å². The van der Waals surface area contributed by atoms with E-state index < -0.39 is 0 Å². The van der Waals surface area contributed by atoms with Crippen LogP contribution in [-0.2, 0) is 5.54 Å². The zero-order valence-corrected chi connectivity index (χ0v) is 16.2. The maximum absolute atomic E-state index is 13.0. The third-order valence-electron chi connectivity index (χ3n) is 4.60. The monoisotopic (exact) mass is 369 g/mol. The lowest BCUT2D eigenvalue weighted by Crippen LogP contribution is -2.34. The molecule has 3 rings (SSSR count). The van der Waals surface area contributed by atoms with Gasteiger partial charge >= 0.3 is 0 Å². The van der Waals surface area contributed by atoms with Crippen LogP contribution >= 0.6 is 0 Å². The normalized spacial score (nSPS) is 14.3. The average Bonchev–Trinajstić information content (AvgIpc) is 3.46. The van der Waals surface area contributed by atoms with Crippen molar-refractivity contribution in [1.82, 2.24) is 5.32 Å². The maximum atomic E-state index is 13.0. The van der Waals surface area contributed by atoms with Crippen LogP contribution in [0.3, 0.4) is 0 Å². The Morgan fingerprint density at radius 2 is 1.48 bits per heavy atom. The van der Waals surface area contributed by atoms with Gasteiger partial charge in [0.1, 0.15) is 0 Å². The molecule has 2 aromatic rings. The smallest absolute Gasteiger partial charge is 0.252 e. The van der Waals surface area contributed by atoms with Crippen molar-refractivity contribution in [3.63, 3.8) is 0 Å². The van der Waals surface area contributed by atoms with Crippen LogP contribution in [0.25, 0.3) is 0 Å². The van der Waals surface area contributed by atoms with Crippen molar-refractivity contribution >= 4 is 5.91 Å². The summed E-state index contributed by atoms with van der Waals surface area (Å²) in [5.41, 5.74) is 1.38. The summed E-state index contributed by atoms with van der Waals surface area (Å²) in [6, 6.07) is 13.6. The number of hydrogen-bond acceptors (Lipinski definition) is 4. The quantitative estimate of drug-likeness (QED) is 0.716. The van der Waals surface area contributed by atoms with E-state index in [2.05, 4.69) is 17.4 Å². The van der Waals surface area contributed by atoms with Crippen molar-refractivity contribution in [2.24, 2.45) is 0 Å². The Bertz CT molecular complexity index is 757. The van der Waals surface area contributed by atoms with E-state index in [9.17, 15) is 4.79 Å². The number of ether oxygens (including phenoxy) is 3. The van der Waals surface area contributed by atoms with Gasteiger partial charge in [-0.3, -0.25) is 4.79 Å². The lowest BCUT2D eigenvalue weighted by molar-refractivity contribution is 0.0929. The minimum atomic E-state index is -0.269. The van der Waals surface area contributed by atoms with Crippen LogP contribution in [0.1, 0.15) is 49.5 Å². The number of carbonyl (C=O) groups excluding carboxylic acids is 1. The lowest BCUT2D eigenvalue weighted by atomic mass is 10.0. The van der Waals surface area contributed by atoms with Crippen molar-refractivity contribution < 1.29 is 19.0 Å². The third kappa shape index (κ3) is 4.18. The average molecular weight is 369 g/mol. The minimum absolute atomic E-state index is 0.138. The standard InChI is InChI=1S/C22H27NO4/c1-4-25-18-14-16(15-19(26-5-2)20(18)27-6-3)21(24)23-22(12-13-22)17-10-8-7-9-11-17/h7-11,14-15H,4-6,12-13H2,1-3H3,(H,23,24). The van der Waals surface area contributed by atoms with E-state index in [1.807, 2.05) is 39.0 Å². The fraction of sp³-hybridized carbons (Fsp3) is 0.409. The molecule has 5 heteroatoms. The molecular formula is C22H27NO4. The fourth-order valence-electron chi connectivity index (χ4n) is 3.18. The van der Waals surface area contributed by atoms with Crippen LogP contribution in [0.15, 0.2) is 42.5 Å². The molecule has 1 amide bonds. The number of benzene rings is 2. The molecule has 1 N–H and O–H groups in total. The summed E-state index contributed by atoms with van der Waals surface area (Å²) in [5.74, 6) is 1.46. The van der Waals surface area contributed by atoms with Gasteiger partial charge in [-0.15, -0.1) is 0 Å². The SMILES string of the molecule is CCOc1cc(C(=O)NC2(c3ccccc3)CC2)cc(OCC)c1OCC. The molecule has 5 nitrogen and oxygen atoms in total. The number of carbonyl (C=O) groups is 1. The molecule has 0 bridgehead atoms. The summed E-state index contributed by atoms with van der Waals surface area (Å²) in [5, 5.41) is 3.20. The van der Waals surface area contributed by atoms with E-state index in [0.29, 0.717) is 42.6 Å². The molecule has 1 aliphatic carbocycles. The molecule has 0 aromatic heterocycles. The van der Waals surface area contributed by atoms with Crippen molar-refractivity contribution in [1.29, 1.82) is 0 Å². The van der Waals surface area contributed by atoms with Gasteiger partial charge in [-0.05, 0) is 51.3 Å². The largest absolute Gasteiger partial charge is 0.490 e. The highest BCUT2D eigenvalue weighted by Gasteiger charge is 2.45. The molecule has 0 atom stereocenters. The molecule has 144 valence electrons. The fourth-order valence-corrected chi connectivity index (χ4v) is 3.18. The van der Waals surface area contributed by atoms with Gasteiger partial charge in [0.2, 0.25) is 5.75 Å². The van der Waals surface area contributed by atoms with E-state index in [-0.39, 0.29) is 11.4 Å². The third-order valence-corrected chi connectivity index (χ3v) is 4.60. The Balaban J connectivity index is 1.90. The second-order valence-electron chi connectivity index (χ2n) is 6.50. The zero-order valence-electron chi connectivity index (χ0n) is 16.2. The van der Waals surface area contributed by atoms with Crippen LogP contribution < -0.4 is 19.5 Å². The Labute approximate surface area is 160 Å². The molecule has 0 spiro atoms. The molecule has 0 saturated heterocycles. The Morgan fingerprint density at radius 1 is 0.926 bits per heavy atom. The van der Waals surface area contributed by atoms with Crippen LogP contribution in [0.2, 0.25) is 0 Å². The summed E-state index contributed by atoms with van der Waals surface area (Å²) in [7, 11) is 0. The first-order chi connectivity index (χ1) is 13.1. The molecule has 0 aliphatic heterocycles. The van der Waals surface area contributed by atoms with E-state index in [4.69, 9.17) is 14.2 Å². The topological polar surface area (TPSA) is 56.8 Å². The zero-order chi connectivity index (χ0) is 19.3. The van der Waals surface area contributed by atoms with Crippen molar-refractivity contribution in [3.8, 4) is 17.2 Å². The highest BCUT2D eigenvalue weighted by atomic mass is 16.5. The Hall–Kier alpha value is -2.69. The number of amides is 1. The summed E-state index contributed by atoms with van der Waals surface area (Å²) in [4.78, 5) is 13.0. The van der Waals surface area contributed by atoms with Crippen molar-refractivity contribution in [2.45, 2.75) is 39.2 Å². The van der Waals surface area contributed by atoms with Gasteiger partial charge < -0.3 is 19.5 Å². The van der Waals surface area contributed by atoms with E-state index >= 15 is 0 Å². The van der Waals surface area contributed by atoms with Gasteiger partial charge in [-0.1, -0.05) is 30.3 Å². The van der Waals surface area contributed by atoms with Gasteiger partial charge in [-0.25, -0.2) is 0 Å². The summed E-state index contributed by atoms with van der Waals surface area (Å²) in [6.45, 7) is 7.15. The molecule has 27 heavy (non-hydrogen) atoms. The van der Waals surface area contributed by atoms with Crippen LogP contribution in [0, 0.1) is 0 Å². The first-order valence-electron chi connectivity index (χ1n) is 9.58. The highest BCUT2D eigenvalue weighted by molar-refractivity contribution is 5.96.